The molecule has 1 fully saturated rings. The Labute approximate surface area is 167 Å². The standard InChI is InChI=1S/C22H29N3O3/c1-16-7-5-10-20(23-16)24-13-14-25(17(2)15-24)21(26)12-11-18-8-6-9-19(27-3)22(18)28-4/h5-10,17H,11-15H2,1-4H3. The summed E-state index contributed by atoms with van der Waals surface area (Å²) in [6, 6.07) is 12.0. The molecule has 1 aromatic carbocycles. The van der Waals surface area contributed by atoms with Gasteiger partial charge in [-0.2, -0.15) is 0 Å². The Balaban J connectivity index is 1.60. The second-order valence-electron chi connectivity index (χ2n) is 7.17. The maximum absolute atomic E-state index is 12.9. The Morgan fingerprint density at radius 3 is 2.61 bits per heavy atom. The highest BCUT2D eigenvalue weighted by molar-refractivity contribution is 5.77. The summed E-state index contributed by atoms with van der Waals surface area (Å²) in [5.74, 6) is 2.57. The number of nitrogens with zero attached hydrogens (tertiary/aromatic N) is 3. The van der Waals surface area contributed by atoms with E-state index in [1.165, 1.54) is 0 Å². The van der Waals surface area contributed by atoms with E-state index in [9.17, 15) is 4.79 Å². The number of anilines is 1. The van der Waals surface area contributed by atoms with Gasteiger partial charge in [-0.25, -0.2) is 4.98 Å². The summed E-state index contributed by atoms with van der Waals surface area (Å²) in [7, 11) is 3.25. The van der Waals surface area contributed by atoms with Gasteiger partial charge in [0.15, 0.2) is 11.5 Å². The predicted molar refractivity (Wildman–Crippen MR) is 110 cm³/mol. The van der Waals surface area contributed by atoms with Crippen molar-refractivity contribution in [2.75, 3.05) is 38.8 Å². The topological polar surface area (TPSA) is 54.9 Å². The van der Waals surface area contributed by atoms with Crippen molar-refractivity contribution in [2.24, 2.45) is 0 Å². The van der Waals surface area contributed by atoms with E-state index in [1.54, 1.807) is 14.2 Å². The number of ether oxygens (including phenoxy) is 2. The average Bonchev–Trinajstić information content (AvgIpc) is 2.71. The summed E-state index contributed by atoms with van der Waals surface area (Å²) >= 11 is 0. The SMILES string of the molecule is COc1cccc(CCC(=O)N2CCN(c3cccc(C)n3)CC2C)c1OC. The van der Waals surface area contributed by atoms with Gasteiger partial charge < -0.3 is 19.3 Å². The molecule has 28 heavy (non-hydrogen) atoms. The van der Waals surface area contributed by atoms with Gasteiger partial charge in [-0.15, -0.1) is 0 Å². The fourth-order valence-electron chi connectivity index (χ4n) is 3.78. The van der Waals surface area contributed by atoms with E-state index in [0.29, 0.717) is 30.9 Å². The normalized spacial score (nSPS) is 16.8. The van der Waals surface area contributed by atoms with Crippen LogP contribution in [0.25, 0.3) is 0 Å². The summed E-state index contributed by atoms with van der Waals surface area (Å²) < 4.78 is 10.8. The lowest BCUT2D eigenvalue weighted by atomic mass is 10.1. The van der Waals surface area contributed by atoms with E-state index < -0.39 is 0 Å². The molecule has 0 spiro atoms. The first kappa shape index (κ1) is 20.0. The molecule has 1 aromatic heterocycles. The van der Waals surface area contributed by atoms with Crippen LogP contribution in [0.1, 0.15) is 24.6 Å². The number of benzene rings is 1. The molecular weight excluding hydrogens is 354 g/mol. The minimum Gasteiger partial charge on any atom is -0.493 e. The van der Waals surface area contributed by atoms with Crippen LogP contribution < -0.4 is 14.4 Å². The number of pyridine rings is 1. The molecule has 3 rings (SSSR count). The van der Waals surface area contributed by atoms with Gasteiger partial charge in [0.1, 0.15) is 5.82 Å². The van der Waals surface area contributed by atoms with Crippen LogP contribution in [0.4, 0.5) is 5.82 Å². The molecule has 2 heterocycles. The molecule has 150 valence electrons. The molecule has 0 saturated carbocycles. The summed E-state index contributed by atoms with van der Waals surface area (Å²) in [6.07, 6.45) is 1.09. The van der Waals surface area contributed by atoms with Crippen molar-refractivity contribution in [1.29, 1.82) is 0 Å². The minimum atomic E-state index is 0.149. The summed E-state index contributed by atoms with van der Waals surface area (Å²) in [4.78, 5) is 21.7. The van der Waals surface area contributed by atoms with Gasteiger partial charge in [-0.1, -0.05) is 18.2 Å². The van der Waals surface area contributed by atoms with Crippen molar-refractivity contribution in [3.8, 4) is 11.5 Å². The quantitative estimate of drug-likeness (QED) is 0.767. The van der Waals surface area contributed by atoms with Crippen LogP contribution >= 0.6 is 0 Å². The average molecular weight is 383 g/mol. The zero-order valence-electron chi connectivity index (χ0n) is 17.1. The van der Waals surface area contributed by atoms with Crippen LogP contribution in [0.3, 0.4) is 0 Å². The molecule has 1 aliphatic heterocycles. The number of rotatable bonds is 6. The van der Waals surface area contributed by atoms with Crippen LogP contribution in [-0.2, 0) is 11.2 Å². The third kappa shape index (κ3) is 4.38. The highest BCUT2D eigenvalue weighted by Gasteiger charge is 2.28. The number of aromatic nitrogens is 1. The van der Waals surface area contributed by atoms with Crippen molar-refractivity contribution in [1.82, 2.24) is 9.88 Å². The first-order valence-corrected chi connectivity index (χ1v) is 9.71. The van der Waals surface area contributed by atoms with Crippen molar-refractivity contribution < 1.29 is 14.3 Å². The van der Waals surface area contributed by atoms with Crippen molar-refractivity contribution in [3.05, 3.63) is 47.7 Å². The van der Waals surface area contributed by atoms with Crippen LogP contribution in [0.15, 0.2) is 36.4 Å². The second kappa shape index (κ2) is 8.95. The van der Waals surface area contributed by atoms with Gasteiger partial charge >= 0.3 is 0 Å². The molecule has 1 amide bonds. The van der Waals surface area contributed by atoms with E-state index in [2.05, 4.69) is 16.8 Å². The van der Waals surface area contributed by atoms with Gasteiger partial charge in [0.05, 0.1) is 14.2 Å². The number of piperazine rings is 1. The minimum absolute atomic E-state index is 0.149. The molecule has 1 atom stereocenters. The number of methoxy groups -OCH3 is 2. The zero-order valence-corrected chi connectivity index (χ0v) is 17.1. The summed E-state index contributed by atoms with van der Waals surface area (Å²) in [6.45, 7) is 6.41. The highest BCUT2D eigenvalue weighted by Crippen LogP contribution is 2.31. The smallest absolute Gasteiger partial charge is 0.223 e. The van der Waals surface area contributed by atoms with Crippen LogP contribution in [0.2, 0.25) is 0 Å². The number of aryl methyl sites for hydroxylation is 2. The maximum atomic E-state index is 12.9. The number of carbonyl (C=O) groups is 1. The molecule has 0 N–H and O–H groups in total. The van der Waals surface area contributed by atoms with Gasteiger partial charge in [0, 0.05) is 37.8 Å². The molecule has 6 heteroatoms. The largest absolute Gasteiger partial charge is 0.493 e. The molecule has 1 unspecified atom stereocenters. The van der Waals surface area contributed by atoms with Crippen LogP contribution in [0, 0.1) is 6.92 Å². The Hall–Kier alpha value is -2.76. The van der Waals surface area contributed by atoms with E-state index in [1.807, 2.05) is 48.2 Å². The van der Waals surface area contributed by atoms with Gasteiger partial charge in [-0.05, 0) is 44.0 Å². The Bertz CT molecular complexity index is 824. The van der Waals surface area contributed by atoms with Gasteiger partial charge in [0.25, 0.3) is 0 Å². The number of hydrogen-bond donors (Lipinski definition) is 0. The lowest BCUT2D eigenvalue weighted by Gasteiger charge is -2.40. The number of amides is 1. The van der Waals surface area contributed by atoms with Gasteiger partial charge in [-0.3, -0.25) is 4.79 Å². The zero-order chi connectivity index (χ0) is 20.1. The second-order valence-corrected chi connectivity index (χ2v) is 7.17. The maximum Gasteiger partial charge on any atom is 0.223 e. The Morgan fingerprint density at radius 1 is 1.14 bits per heavy atom. The molecule has 6 nitrogen and oxygen atoms in total. The third-order valence-corrected chi connectivity index (χ3v) is 5.24. The van der Waals surface area contributed by atoms with Crippen LogP contribution in [-0.4, -0.2) is 55.7 Å². The molecule has 1 aliphatic rings. The summed E-state index contributed by atoms with van der Waals surface area (Å²) in [5.41, 5.74) is 2.00. The fraction of sp³-hybridized carbons (Fsp3) is 0.455. The van der Waals surface area contributed by atoms with Crippen LogP contribution in [0.5, 0.6) is 11.5 Å². The first-order valence-electron chi connectivity index (χ1n) is 9.71. The van der Waals surface area contributed by atoms with Gasteiger partial charge in [0.2, 0.25) is 5.91 Å². The lowest BCUT2D eigenvalue weighted by Crippen LogP contribution is -2.54. The van der Waals surface area contributed by atoms with E-state index in [-0.39, 0.29) is 11.9 Å². The number of carbonyl (C=O) groups excluding carboxylic acids is 1. The molecule has 2 aromatic rings. The molecule has 1 saturated heterocycles. The van der Waals surface area contributed by atoms with E-state index >= 15 is 0 Å². The van der Waals surface area contributed by atoms with Crippen molar-refractivity contribution in [2.45, 2.75) is 32.7 Å². The Kier molecular flexibility index (Phi) is 6.39. The molecular formula is C22H29N3O3. The predicted octanol–water partition coefficient (Wildman–Crippen LogP) is 3.08. The number of para-hydroxylation sites is 1. The van der Waals surface area contributed by atoms with E-state index in [0.717, 1.165) is 30.2 Å². The molecule has 0 bridgehead atoms. The Morgan fingerprint density at radius 2 is 1.93 bits per heavy atom. The lowest BCUT2D eigenvalue weighted by molar-refractivity contribution is -0.133. The third-order valence-electron chi connectivity index (χ3n) is 5.24. The monoisotopic (exact) mass is 383 g/mol. The first-order chi connectivity index (χ1) is 13.5. The molecule has 0 radical (unpaired) electrons. The summed E-state index contributed by atoms with van der Waals surface area (Å²) in [5, 5.41) is 0. The van der Waals surface area contributed by atoms with E-state index in [4.69, 9.17) is 9.47 Å². The van der Waals surface area contributed by atoms with Crippen molar-refractivity contribution in [3.63, 3.8) is 0 Å². The fourth-order valence-corrected chi connectivity index (χ4v) is 3.78. The molecule has 0 aliphatic carbocycles. The van der Waals surface area contributed by atoms with Crippen molar-refractivity contribution >= 4 is 11.7 Å². The highest BCUT2D eigenvalue weighted by atomic mass is 16.5. The number of hydrogen-bond acceptors (Lipinski definition) is 5.